The summed E-state index contributed by atoms with van der Waals surface area (Å²) in [7, 11) is 0. The second kappa shape index (κ2) is 7.38. The van der Waals surface area contributed by atoms with E-state index < -0.39 is 0 Å². The fourth-order valence-corrected chi connectivity index (χ4v) is 3.03. The van der Waals surface area contributed by atoms with Crippen LogP contribution in [0, 0.1) is 23.7 Å². The summed E-state index contributed by atoms with van der Waals surface area (Å²) in [4.78, 5) is 2.70. The van der Waals surface area contributed by atoms with Gasteiger partial charge in [-0.2, -0.15) is 0 Å². The third-order valence-electron chi connectivity index (χ3n) is 4.07. The molecule has 0 aromatic heterocycles. The lowest BCUT2D eigenvalue weighted by molar-refractivity contribution is 0.141. The third-order valence-corrected chi connectivity index (χ3v) is 4.07. The quantitative estimate of drug-likeness (QED) is 0.813. The second-order valence-electron chi connectivity index (χ2n) is 6.57. The van der Waals surface area contributed by atoms with Crippen molar-refractivity contribution in [3.8, 4) is 0 Å². The Morgan fingerprint density at radius 2 is 1.82 bits per heavy atom. The Bertz CT molecular complexity index is 193. The van der Waals surface area contributed by atoms with Gasteiger partial charge in [0.05, 0.1) is 0 Å². The molecule has 1 unspecified atom stereocenters. The Hall–Kier alpha value is -0.0800. The molecule has 2 nitrogen and oxygen atoms in total. The summed E-state index contributed by atoms with van der Waals surface area (Å²) >= 11 is 0. The smallest absolute Gasteiger partial charge is 0.00193 e. The minimum atomic E-state index is 0.787. The highest BCUT2D eigenvalue weighted by Crippen LogP contribution is 2.22. The molecule has 0 aromatic rings. The van der Waals surface area contributed by atoms with E-state index in [2.05, 4.69) is 44.8 Å². The Morgan fingerprint density at radius 3 is 2.41 bits per heavy atom. The SMILES string of the molecule is CC1CNCCCN(CC(C(C)C)C(C)C)C1. The van der Waals surface area contributed by atoms with E-state index in [0.717, 1.165) is 23.7 Å². The average molecular weight is 240 g/mol. The molecule has 1 rings (SSSR count). The molecule has 2 heteroatoms. The first-order valence-corrected chi connectivity index (χ1v) is 7.43. The lowest BCUT2D eigenvalue weighted by Crippen LogP contribution is -2.42. The zero-order valence-electron chi connectivity index (χ0n) is 12.5. The summed E-state index contributed by atoms with van der Waals surface area (Å²) in [6, 6.07) is 0. The van der Waals surface area contributed by atoms with Crippen molar-refractivity contribution in [2.75, 3.05) is 32.7 Å². The van der Waals surface area contributed by atoms with E-state index in [9.17, 15) is 0 Å². The Balaban J connectivity index is 2.50. The van der Waals surface area contributed by atoms with Gasteiger partial charge >= 0.3 is 0 Å². The van der Waals surface area contributed by atoms with Gasteiger partial charge < -0.3 is 10.2 Å². The van der Waals surface area contributed by atoms with Crippen molar-refractivity contribution in [1.29, 1.82) is 0 Å². The van der Waals surface area contributed by atoms with E-state index in [-0.39, 0.29) is 0 Å². The molecular weight excluding hydrogens is 208 g/mol. The van der Waals surface area contributed by atoms with Crippen LogP contribution in [0.5, 0.6) is 0 Å². The molecule has 0 aromatic carbocycles. The van der Waals surface area contributed by atoms with E-state index in [1.807, 2.05) is 0 Å². The van der Waals surface area contributed by atoms with Gasteiger partial charge in [0.15, 0.2) is 0 Å². The normalized spacial score (nSPS) is 24.4. The summed E-state index contributed by atoms with van der Waals surface area (Å²) in [5, 5.41) is 3.53. The first kappa shape index (κ1) is 15.0. The van der Waals surface area contributed by atoms with Crippen molar-refractivity contribution < 1.29 is 0 Å². The predicted octanol–water partition coefficient (Wildman–Crippen LogP) is 2.85. The maximum Gasteiger partial charge on any atom is 0.00193 e. The molecule has 0 radical (unpaired) electrons. The second-order valence-corrected chi connectivity index (χ2v) is 6.57. The Kier molecular flexibility index (Phi) is 6.50. The van der Waals surface area contributed by atoms with Gasteiger partial charge in [0.25, 0.3) is 0 Å². The summed E-state index contributed by atoms with van der Waals surface area (Å²) in [5.74, 6) is 3.23. The molecule has 0 spiro atoms. The number of hydrogen-bond acceptors (Lipinski definition) is 2. The van der Waals surface area contributed by atoms with Crippen molar-refractivity contribution >= 4 is 0 Å². The van der Waals surface area contributed by atoms with Crippen molar-refractivity contribution in [3.63, 3.8) is 0 Å². The van der Waals surface area contributed by atoms with E-state index >= 15 is 0 Å². The molecule has 0 saturated carbocycles. The molecule has 0 aliphatic carbocycles. The minimum absolute atomic E-state index is 0.787. The van der Waals surface area contributed by atoms with Gasteiger partial charge in [-0.15, -0.1) is 0 Å². The highest BCUT2D eigenvalue weighted by molar-refractivity contribution is 4.75. The topological polar surface area (TPSA) is 15.3 Å². The van der Waals surface area contributed by atoms with Crippen molar-refractivity contribution in [3.05, 3.63) is 0 Å². The highest BCUT2D eigenvalue weighted by Gasteiger charge is 2.22. The van der Waals surface area contributed by atoms with Crippen LogP contribution in [-0.2, 0) is 0 Å². The largest absolute Gasteiger partial charge is 0.316 e. The number of rotatable bonds is 4. The predicted molar refractivity (Wildman–Crippen MR) is 76.3 cm³/mol. The average Bonchev–Trinajstić information content (AvgIpc) is 2.19. The third kappa shape index (κ3) is 5.39. The molecule has 102 valence electrons. The maximum atomic E-state index is 3.53. The maximum absolute atomic E-state index is 3.53. The van der Waals surface area contributed by atoms with Crippen LogP contribution < -0.4 is 5.32 Å². The van der Waals surface area contributed by atoms with Crippen LogP contribution in [0.15, 0.2) is 0 Å². The van der Waals surface area contributed by atoms with Crippen molar-refractivity contribution in [2.45, 2.75) is 41.0 Å². The summed E-state index contributed by atoms with van der Waals surface area (Å²) in [6.07, 6.45) is 1.30. The summed E-state index contributed by atoms with van der Waals surface area (Å²) < 4.78 is 0. The lowest BCUT2D eigenvalue weighted by atomic mass is 9.85. The van der Waals surface area contributed by atoms with Crippen LogP contribution in [0.3, 0.4) is 0 Å². The fourth-order valence-electron chi connectivity index (χ4n) is 3.03. The fraction of sp³-hybridized carbons (Fsp3) is 1.00. The van der Waals surface area contributed by atoms with E-state index in [1.54, 1.807) is 0 Å². The van der Waals surface area contributed by atoms with Crippen LogP contribution in [0.25, 0.3) is 0 Å². The molecule has 0 bridgehead atoms. The van der Waals surface area contributed by atoms with Crippen LogP contribution in [0.1, 0.15) is 41.0 Å². The van der Waals surface area contributed by atoms with Gasteiger partial charge in [-0.1, -0.05) is 34.6 Å². The molecule has 1 heterocycles. The van der Waals surface area contributed by atoms with Crippen LogP contribution in [0.4, 0.5) is 0 Å². The Morgan fingerprint density at radius 1 is 1.18 bits per heavy atom. The van der Waals surface area contributed by atoms with Gasteiger partial charge in [-0.3, -0.25) is 0 Å². The van der Waals surface area contributed by atoms with Gasteiger partial charge in [0.1, 0.15) is 0 Å². The van der Waals surface area contributed by atoms with Gasteiger partial charge in [-0.25, -0.2) is 0 Å². The van der Waals surface area contributed by atoms with Crippen molar-refractivity contribution in [1.82, 2.24) is 10.2 Å². The number of nitrogens with one attached hydrogen (secondary N) is 1. The van der Waals surface area contributed by atoms with Gasteiger partial charge in [0.2, 0.25) is 0 Å². The molecule has 1 atom stereocenters. The zero-order chi connectivity index (χ0) is 12.8. The molecule has 1 N–H and O–H groups in total. The van der Waals surface area contributed by atoms with Crippen LogP contribution in [0.2, 0.25) is 0 Å². The highest BCUT2D eigenvalue weighted by atomic mass is 15.1. The van der Waals surface area contributed by atoms with E-state index in [0.29, 0.717) is 0 Å². The molecule has 1 aliphatic rings. The van der Waals surface area contributed by atoms with E-state index in [4.69, 9.17) is 0 Å². The van der Waals surface area contributed by atoms with E-state index in [1.165, 1.54) is 39.1 Å². The summed E-state index contributed by atoms with van der Waals surface area (Å²) in [5.41, 5.74) is 0. The first-order chi connectivity index (χ1) is 8.00. The van der Waals surface area contributed by atoms with Gasteiger partial charge in [0, 0.05) is 13.1 Å². The molecular formula is C15H32N2. The number of hydrogen-bond donors (Lipinski definition) is 1. The van der Waals surface area contributed by atoms with Crippen LogP contribution in [-0.4, -0.2) is 37.6 Å². The standard InChI is InChI=1S/C15H32N2/c1-12(2)15(13(3)4)11-17-8-6-7-16-9-14(5)10-17/h12-16H,6-11H2,1-5H3. The van der Waals surface area contributed by atoms with Crippen LogP contribution >= 0.6 is 0 Å². The molecule has 0 amide bonds. The van der Waals surface area contributed by atoms with Gasteiger partial charge in [-0.05, 0) is 49.7 Å². The molecule has 1 fully saturated rings. The zero-order valence-corrected chi connectivity index (χ0v) is 12.5. The molecule has 1 aliphatic heterocycles. The van der Waals surface area contributed by atoms with Crippen molar-refractivity contribution in [2.24, 2.45) is 23.7 Å². The molecule has 17 heavy (non-hydrogen) atoms. The lowest BCUT2D eigenvalue weighted by Gasteiger charge is -2.35. The summed E-state index contributed by atoms with van der Waals surface area (Å²) in [6.45, 7) is 18.1. The Labute approximate surface area is 108 Å². The molecule has 1 saturated heterocycles. The minimum Gasteiger partial charge on any atom is -0.316 e. The first-order valence-electron chi connectivity index (χ1n) is 7.43. The number of nitrogens with zero attached hydrogens (tertiary/aromatic N) is 1. The monoisotopic (exact) mass is 240 g/mol.